The van der Waals surface area contributed by atoms with E-state index < -0.39 is 5.66 Å². The number of hydrogen-bond acceptors (Lipinski definition) is 5. The third kappa shape index (κ3) is 2.59. The number of halogens is 1. The molecule has 1 spiro atoms. The summed E-state index contributed by atoms with van der Waals surface area (Å²) in [7, 11) is 1.72. The van der Waals surface area contributed by atoms with E-state index in [1.54, 1.807) is 25.4 Å². The Morgan fingerprint density at radius 2 is 2.16 bits per heavy atom. The van der Waals surface area contributed by atoms with Crippen LogP contribution >= 0.6 is 11.6 Å². The van der Waals surface area contributed by atoms with Crippen LogP contribution < -0.4 is 16.1 Å². The average molecular weight is 359 g/mol. The summed E-state index contributed by atoms with van der Waals surface area (Å²) in [6.45, 7) is 0. The lowest BCUT2D eigenvalue weighted by Gasteiger charge is -2.36. The summed E-state index contributed by atoms with van der Waals surface area (Å²) < 4.78 is 1.99. The van der Waals surface area contributed by atoms with Crippen LogP contribution in [0.15, 0.2) is 29.6 Å². The van der Waals surface area contributed by atoms with Gasteiger partial charge in [-0.3, -0.25) is 14.4 Å². The highest BCUT2D eigenvalue weighted by Gasteiger charge is 2.44. The minimum absolute atomic E-state index is 0.134. The van der Waals surface area contributed by atoms with Gasteiger partial charge in [0.15, 0.2) is 5.49 Å². The van der Waals surface area contributed by atoms with Crippen molar-refractivity contribution in [2.24, 2.45) is 4.99 Å². The molecule has 7 nitrogen and oxygen atoms in total. The molecule has 1 aliphatic heterocycles. The molecule has 1 fully saturated rings. The molecule has 25 heavy (non-hydrogen) atoms. The maximum atomic E-state index is 12.6. The summed E-state index contributed by atoms with van der Waals surface area (Å²) in [5.41, 5.74) is 1.46. The first kappa shape index (κ1) is 16.1. The predicted molar refractivity (Wildman–Crippen MR) is 94.8 cm³/mol. The minimum Gasteiger partial charge on any atom is -0.337 e. The third-order valence-corrected chi connectivity index (χ3v) is 5.19. The van der Waals surface area contributed by atoms with Gasteiger partial charge in [0.05, 0.1) is 10.7 Å². The van der Waals surface area contributed by atoms with Crippen molar-refractivity contribution in [1.82, 2.24) is 19.9 Å². The summed E-state index contributed by atoms with van der Waals surface area (Å²) in [4.78, 5) is 25.2. The zero-order chi connectivity index (χ0) is 17.4. The van der Waals surface area contributed by atoms with Gasteiger partial charge < -0.3 is 10.6 Å². The second-order valence-corrected chi connectivity index (χ2v) is 6.81. The summed E-state index contributed by atoms with van der Waals surface area (Å²) in [5, 5.41) is 6.82. The second-order valence-electron chi connectivity index (χ2n) is 6.40. The average Bonchev–Trinajstić information content (AvgIpc) is 2.89. The van der Waals surface area contributed by atoms with Crippen molar-refractivity contribution in [3.63, 3.8) is 0 Å². The van der Waals surface area contributed by atoms with Gasteiger partial charge >= 0.3 is 0 Å². The fourth-order valence-corrected chi connectivity index (χ4v) is 4.13. The lowest BCUT2D eigenvalue weighted by atomic mass is 9.89. The Morgan fingerprint density at radius 3 is 2.84 bits per heavy atom. The number of anilines is 2. The van der Waals surface area contributed by atoms with E-state index in [1.807, 2.05) is 4.57 Å². The van der Waals surface area contributed by atoms with Gasteiger partial charge in [-0.25, -0.2) is 9.97 Å². The molecule has 1 amide bonds. The number of amides is 1. The molecule has 0 atom stereocenters. The quantitative estimate of drug-likeness (QED) is 0.864. The summed E-state index contributed by atoms with van der Waals surface area (Å²) in [5.74, 6) is 0.511. The Balaban J connectivity index is 1.91. The molecule has 2 aromatic rings. The zero-order valence-corrected chi connectivity index (χ0v) is 14.7. The first-order chi connectivity index (χ1) is 12.1. The molecule has 0 radical (unpaired) electrons. The number of aromatic nitrogens is 3. The van der Waals surface area contributed by atoms with Crippen LogP contribution in [0.25, 0.3) is 0 Å². The van der Waals surface area contributed by atoms with Crippen LogP contribution in [0.1, 0.15) is 42.6 Å². The summed E-state index contributed by atoms with van der Waals surface area (Å²) in [6, 6.07) is 3.50. The van der Waals surface area contributed by atoms with Crippen LogP contribution in [0, 0.1) is 0 Å². The maximum Gasteiger partial charge on any atom is 0.271 e. The smallest absolute Gasteiger partial charge is 0.271 e. The van der Waals surface area contributed by atoms with Crippen molar-refractivity contribution < 1.29 is 4.79 Å². The number of hydrogen-bond donors (Lipinski definition) is 2. The number of nitrogens with one attached hydrogen (secondary N) is 2. The fourth-order valence-electron chi connectivity index (χ4n) is 3.85. The van der Waals surface area contributed by atoms with Gasteiger partial charge in [-0.2, -0.15) is 0 Å². The number of carbonyl (C=O) groups excluding carboxylic acids is 1. The number of pyridine rings is 1. The first-order valence-corrected chi connectivity index (χ1v) is 8.77. The van der Waals surface area contributed by atoms with Crippen molar-refractivity contribution in [1.29, 1.82) is 0 Å². The highest BCUT2D eigenvalue weighted by Crippen LogP contribution is 2.38. The van der Waals surface area contributed by atoms with Crippen LogP contribution in [0.2, 0.25) is 5.02 Å². The van der Waals surface area contributed by atoms with Gasteiger partial charge in [-0.15, -0.1) is 0 Å². The minimum atomic E-state index is -0.438. The van der Waals surface area contributed by atoms with Crippen LogP contribution in [-0.2, 0) is 5.66 Å². The van der Waals surface area contributed by atoms with Crippen LogP contribution in [0.4, 0.5) is 11.5 Å². The third-order valence-electron chi connectivity index (χ3n) is 4.90. The van der Waals surface area contributed by atoms with E-state index in [-0.39, 0.29) is 5.91 Å². The van der Waals surface area contributed by atoms with E-state index in [0.717, 1.165) is 31.4 Å². The van der Waals surface area contributed by atoms with E-state index in [9.17, 15) is 4.79 Å². The van der Waals surface area contributed by atoms with Crippen molar-refractivity contribution >= 4 is 29.0 Å². The standard InChI is InChI=1S/C17H19ClN6O/c1-19-15-12(22-13-5-8-20-10-21-13)9-11(18)14-16(25)23-17(24(14)15)6-3-2-4-7-17/h5,8-10H,2-4,6-7H2,1H3,(H,23,25)(H,20,21,22)/b19-15+. The molecule has 2 N–H and O–H groups in total. The van der Waals surface area contributed by atoms with E-state index >= 15 is 0 Å². The Bertz CT molecular complexity index is 886. The zero-order valence-electron chi connectivity index (χ0n) is 13.9. The van der Waals surface area contributed by atoms with Gasteiger partial charge in [0, 0.05) is 13.2 Å². The SMILES string of the molecule is C/N=c1\c(Nc2ccncn2)cc(Cl)c2n1C1(CCCCC1)NC2=O. The molecule has 1 aliphatic carbocycles. The lowest BCUT2D eigenvalue weighted by molar-refractivity contribution is 0.0876. The molecular formula is C17H19ClN6O. The molecular weight excluding hydrogens is 340 g/mol. The predicted octanol–water partition coefficient (Wildman–Crippen LogP) is 2.57. The van der Waals surface area contributed by atoms with Gasteiger partial charge in [0.25, 0.3) is 5.91 Å². The van der Waals surface area contributed by atoms with E-state index in [1.165, 1.54) is 12.7 Å². The molecule has 8 heteroatoms. The van der Waals surface area contributed by atoms with E-state index in [0.29, 0.717) is 22.0 Å². The largest absolute Gasteiger partial charge is 0.337 e. The molecule has 2 aromatic heterocycles. The van der Waals surface area contributed by atoms with E-state index in [4.69, 9.17) is 11.6 Å². The molecule has 3 heterocycles. The Morgan fingerprint density at radius 1 is 1.36 bits per heavy atom. The molecule has 0 unspecified atom stereocenters. The van der Waals surface area contributed by atoms with Gasteiger partial charge in [-0.1, -0.05) is 18.0 Å². The molecule has 0 bridgehead atoms. The number of carbonyl (C=O) groups is 1. The number of rotatable bonds is 2. The van der Waals surface area contributed by atoms with Crippen LogP contribution in [-0.4, -0.2) is 27.5 Å². The Kier molecular flexibility index (Phi) is 3.95. The fraction of sp³-hybridized carbons (Fsp3) is 0.412. The number of nitrogens with zero attached hydrogens (tertiary/aromatic N) is 4. The normalized spacial score (nSPS) is 19.0. The first-order valence-electron chi connectivity index (χ1n) is 8.39. The molecule has 4 rings (SSSR count). The van der Waals surface area contributed by atoms with Crippen molar-refractivity contribution in [3.8, 4) is 0 Å². The molecule has 2 aliphatic rings. The van der Waals surface area contributed by atoms with Crippen LogP contribution in [0.5, 0.6) is 0 Å². The van der Waals surface area contributed by atoms with E-state index in [2.05, 4.69) is 25.6 Å². The second kappa shape index (κ2) is 6.15. The van der Waals surface area contributed by atoms with Crippen molar-refractivity contribution in [3.05, 3.63) is 40.9 Å². The van der Waals surface area contributed by atoms with Gasteiger partial charge in [-0.05, 0) is 37.8 Å². The van der Waals surface area contributed by atoms with Crippen LogP contribution in [0.3, 0.4) is 0 Å². The highest BCUT2D eigenvalue weighted by molar-refractivity contribution is 6.34. The lowest BCUT2D eigenvalue weighted by Crippen LogP contribution is -2.49. The van der Waals surface area contributed by atoms with Gasteiger partial charge in [0.2, 0.25) is 0 Å². The van der Waals surface area contributed by atoms with Crippen molar-refractivity contribution in [2.75, 3.05) is 12.4 Å². The monoisotopic (exact) mass is 358 g/mol. The highest BCUT2D eigenvalue weighted by atomic mass is 35.5. The molecule has 130 valence electrons. The Labute approximate surface area is 150 Å². The maximum absolute atomic E-state index is 12.6. The summed E-state index contributed by atoms with van der Waals surface area (Å²) in [6.07, 6.45) is 8.21. The van der Waals surface area contributed by atoms with Gasteiger partial charge in [0.1, 0.15) is 23.5 Å². The number of fused-ring (bicyclic) bond motifs is 2. The molecule has 0 aromatic carbocycles. The Hall–Kier alpha value is -2.41. The van der Waals surface area contributed by atoms with Crippen molar-refractivity contribution in [2.45, 2.75) is 37.8 Å². The summed E-state index contributed by atoms with van der Waals surface area (Å²) >= 11 is 6.47. The molecule has 1 saturated carbocycles. The topological polar surface area (TPSA) is 84.2 Å². The molecule has 0 saturated heterocycles.